The third-order valence-electron chi connectivity index (χ3n) is 5.24. The Balaban J connectivity index is 1.53. The smallest absolute Gasteiger partial charge is 0.263 e. The summed E-state index contributed by atoms with van der Waals surface area (Å²) in [5, 5.41) is 5.10. The van der Waals surface area contributed by atoms with Crippen molar-refractivity contribution in [2.45, 2.75) is 27.2 Å². The highest BCUT2D eigenvalue weighted by atomic mass is 32.1. The Kier molecular flexibility index (Phi) is 4.36. The number of nitrogen functional groups attached to an aromatic ring is 1. The zero-order valence-corrected chi connectivity index (χ0v) is 16.5. The first-order valence-corrected chi connectivity index (χ1v) is 9.78. The Morgan fingerprint density at radius 2 is 2.00 bits per heavy atom. The van der Waals surface area contributed by atoms with Gasteiger partial charge in [0.15, 0.2) is 0 Å². The monoisotopic (exact) mass is 378 g/mol. The van der Waals surface area contributed by atoms with Crippen molar-refractivity contribution in [3.63, 3.8) is 0 Å². The van der Waals surface area contributed by atoms with E-state index in [0.717, 1.165) is 39.0 Å². The lowest BCUT2D eigenvalue weighted by atomic mass is 10.1. The van der Waals surface area contributed by atoms with Crippen molar-refractivity contribution < 1.29 is 4.79 Å². The number of aromatic nitrogens is 2. The molecule has 0 bridgehead atoms. The standard InChI is InChI=1S/C21H22N4OS/c1-11-12(2)17-18(22)19(27-21(17)25-13(11)3)20(26)23-9-8-14-10-24-16-7-5-4-6-15(14)16/h4-7,10,24H,8-9,22H2,1-3H3,(H,23,26). The van der Waals surface area contributed by atoms with E-state index in [2.05, 4.69) is 27.4 Å². The minimum atomic E-state index is -0.134. The molecule has 1 amide bonds. The molecule has 3 heterocycles. The van der Waals surface area contributed by atoms with Gasteiger partial charge in [-0.2, -0.15) is 0 Å². The molecule has 0 saturated carbocycles. The number of rotatable bonds is 4. The molecule has 1 aromatic carbocycles. The lowest BCUT2D eigenvalue weighted by Gasteiger charge is -2.06. The number of anilines is 1. The highest BCUT2D eigenvalue weighted by molar-refractivity contribution is 7.21. The predicted octanol–water partition coefficient (Wildman–Crippen LogP) is 4.26. The van der Waals surface area contributed by atoms with Crippen LogP contribution in [0, 0.1) is 20.8 Å². The molecule has 4 rings (SSSR count). The minimum absolute atomic E-state index is 0.134. The second-order valence-electron chi connectivity index (χ2n) is 6.84. The molecule has 4 N–H and O–H groups in total. The van der Waals surface area contributed by atoms with Crippen LogP contribution in [0.1, 0.15) is 32.1 Å². The Morgan fingerprint density at radius 1 is 1.22 bits per heavy atom. The fourth-order valence-corrected chi connectivity index (χ4v) is 4.58. The molecule has 138 valence electrons. The van der Waals surface area contributed by atoms with Crippen molar-refractivity contribution in [3.8, 4) is 0 Å². The van der Waals surface area contributed by atoms with Crippen LogP contribution in [0.15, 0.2) is 30.5 Å². The van der Waals surface area contributed by atoms with Gasteiger partial charge in [-0.3, -0.25) is 4.79 Å². The molecule has 27 heavy (non-hydrogen) atoms. The SMILES string of the molecule is Cc1nc2sc(C(=O)NCCc3c[nH]c4ccccc34)c(N)c2c(C)c1C. The van der Waals surface area contributed by atoms with E-state index in [4.69, 9.17) is 5.73 Å². The second-order valence-corrected chi connectivity index (χ2v) is 7.84. The minimum Gasteiger partial charge on any atom is -0.397 e. The van der Waals surface area contributed by atoms with Gasteiger partial charge in [-0.1, -0.05) is 18.2 Å². The number of nitrogens with one attached hydrogen (secondary N) is 2. The Hall–Kier alpha value is -2.86. The third-order valence-corrected chi connectivity index (χ3v) is 6.34. The number of carbonyl (C=O) groups is 1. The zero-order valence-electron chi connectivity index (χ0n) is 15.6. The second kappa shape index (κ2) is 6.70. The van der Waals surface area contributed by atoms with E-state index in [0.29, 0.717) is 17.1 Å². The number of benzene rings is 1. The topological polar surface area (TPSA) is 83.8 Å². The van der Waals surface area contributed by atoms with Crippen molar-refractivity contribution in [2.75, 3.05) is 12.3 Å². The third kappa shape index (κ3) is 2.96. The fraction of sp³-hybridized carbons (Fsp3) is 0.238. The zero-order chi connectivity index (χ0) is 19.1. The molecule has 0 aliphatic heterocycles. The molecule has 6 heteroatoms. The summed E-state index contributed by atoms with van der Waals surface area (Å²) >= 11 is 1.37. The molecule has 0 aliphatic carbocycles. The van der Waals surface area contributed by atoms with Gasteiger partial charge in [-0.15, -0.1) is 11.3 Å². The number of aromatic amines is 1. The largest absolute Gasteiger partial charge is 0.397 e. The number of aryl methyl sites for hydroxylation is 2. The van der Waals surface area contributed by atoms with Gasteiger partial charge in [0, 0.05) is 34.7 Å². The quantitative estimate of drug-likeness (QED) is 0.496. The van der Waals surface area contributed by atoms with Crippen molar-refractivity contribution in [1.82, 2.24) is 15.3 Å². The number of hydrogen-bond donors (Lipinski definition) is 3. The van der Waals surface area contributed by atoms with E-state index in [1.165, 1.54) is 22.3 Å². The van der Waals surface area contributed by atoms with E-state index in [9.17, 15) is 4.79 Å². The van der Waals surface area contributed by atoms with Gasteiger partial charge in [0.1, 0.15) is 9.71 Å². The number of hydrogen-bond acceptors (Lipinski definition) is 4. The Labute approximate surface area is 161 Å². The lowest BCUT2D eigenvalue weighted by molar-refractivity contribution is 0.0959. The number of H-pyrrole nitrogens is 1. The summed E-state index contributed by atoms with van der Waals surface area (Å²) in [6.07, 6.45) is 2.76. The van der Waals surface area contributed by atoms with Crippen LogP contribution in [-0.4, -0.2) is 22.4 Å². The van der Waals surface area contributed by atoms with Crippen LogP contribution in [0.3, 0.4) is 0 Å². The van der Waals surface area contributed by atoms with Crippen molar-refractivity contribution in [1.29, 1.82) is 0 Å². The van der Waals surface area contributed by atoms with Crippen LogP contribution in [0.2, 0.25) is 0 Å². The lowest BCUT2D eigenvalue weighted by Crippen LogP contribution is -2.25. The van der Waals surface area contributed by atoms with Gasteiger partial charge in [-0.25, -0.2) is 4.98 Å². The van der Waals surface area contributed by atoms with E-state index in [1.807, 2.05) is 39.1 Å². The van der Waals surface area contributed by atoms with Crippen LogP contribution in [0.4, 0.5) is 5.69 Å². The number of pyridine rings is 1. The molecule has 3 aromatic heterocycles. The van der Waals surface area contributed by atoms with E-state index < -0.39 is 0 Å². The maximum absolute atomic E-state index is 12.7. The summed E-state index contributed by atoms with van der Waals surface area (Å²) in [7, 11) is 0. The van der Waals surface area contributed by atoms with Gasteiger partial charge in [0.25, 0.3) is 5.91 Å². The fourth-order valence-electron chi connectivity index (χ4n) is 3.47. The summed E-state index contributed by atoms with van der Waals surface area (Å²) in [6, 6.07) is 8.17. The number of para-hydroxylation sites is 1. The maximum Gasteiger partial charge on any atom is 0.263 e. The molecule has 0 unspecified atom stereocenters. The highest BCUT2D eigenvalue weighted by Crippen LogP contribution is 2.36. The highest BCUT2D eigenvalue weighted by Gasteiger charge is 2.20. The number of nitrogens with two attached hydrogens (primary N) is 1. The first kappa shape index (κ1) is 17.5. The molecular formula is C21H22N4OS. The molecular weight excluding hydrogens is 356 g/mol. The van der Waals surface area contributed by atoms with E-state index in [-0.39, 0.29) is 5.91 Å². The van der Waals surface area contributed by atoms with E-state index >= 15 is 0 Å². The van der Waals surface area contributed by atoms with Gasteiger partial charge in [-0.05, 0) is 49.9 Å². The summed E-state index contributed by atoms with van der Waals surface area (Å²) in [5.41, 5.74) is 12.3. The molecule has 0 saturated heterocycles. The van der Waals surface area contributed by atoms with Gasteiger partial charge >= 0.3 is 0 Å². The summed E-state index contributed by atoms with van der Waals surface area (Å²) in [4.78, 5) is 21.9. The first-order chi connectivity index (χ1) is 13.0. The average Bonchev–Trinajstić information content (AvgIpc) is 3.21. The normalized spacial score (nSPS) is 11.4. The Bertz CT molecular complexity index is 1170. The van der Waals surface area contributed by atoms with Crippen LogP contribution in [0.5, 0.6) is 0 Å². The van der Waals surface area contributed by atoms with E-state index in [1.54, 1.807) is 0 Å². The number of thiophene rings is 1. The van der Waals surface area contributed by atoms with Crippen LogP contribution < -0.4 is 11.1 Å². The molecule has 0 radical (unpaired) electrons. The maximum atomic E-state index is 12.7. The first-order valence-electron chi connectivity index (χ1n) is 8.96. The molecule has 4 aromatic rings. The molecule has 0 aliphatic rings. The number of fused-ring (bicyclic) bond motifs is 2. The van der Waals surface area contributed by atoms with Gasteiger partial charge < -0.3 is 16.0 Å². The number of carbonyl (C=O) groups excluding carboxylic acids is 1. The summed E-state index contributed by atoms with van der Waals surface area (Å²) in [5.74, 6) is -0.134. The van der Waals surface area contributed by atoms with Crippen LogP contribution in [-0.2, 0) is 6.42 Å². The van der Waals surface area contributed by atoms with Gasteiger partial charge in [0.05, 0.1) is 5.69 Å². The molecule has 0 spiro atoms. The van der Waals surface area contributed by atoms with Crippen molar-refractivity contribution >= 4 is 44.1 Å². The molecule has 0 fully saturated rings. The average molecular weight is 379 g/mol. The predicted molar refractivity (Wildman–Crippen MR) is 113 cm³/mol. The number of nitrogens with zero attached hydrogens (tertiary/aromatic N) is 1. The Morgan fingerprint density at radius 3 is 2.81 bits per heavy atom. The number of amides is 1. The van der Waals surface area contributed by atoms with Crippen LogP contribution in [0.25, 0.3) is 21.1 Å². The molecule has 0 atom stereocenters. The van der Waals surface area contributed by atoms with Gasteiger partial charge in [0.2, 0.25) is 0 Å². The summed E-state index contributed by atoms with van der Waals surface area (Å²) in [6.45, 7) is 6.61. The molecule has 5 nitrogen and oxygen atoms in total. The summed E-state index contributed by atoms with van der Waals surface area (Å²) < 4.78 is 0. The van der Waals surface area contributed by atoms with Crippen LogP contribution >= 0.6 is 11.3 Å². The van der Waals surface area contributed by atoms with Crippen molar-refractivity contribution in [3.05, 3.63) is 57.7 Å². The van der Waals surface area contributed by atoms with Crippen molar-refractivity contribution in [2.24, 2.45) is 0 Å².